The first-order valence-electron chi connectivity index (χ1n) is 28.4. The number of allylic oxidation sites excluding steroid dienone is 18. The number of hydrogen-bond acceptors (Lipinski definition) is 6. The van der Waals surface area contributed by atoms with E-state index in [1.54, 1.807) is 0 Å². The Morgan fingerprint density at radius 1 is 0.304 bits per heavy atom. The molecular weight excluding hydrogens is 853 g/mol. The number of carbonyl (C=O) groups excluding carboxylic acids is 3. The zero-order valence-electron chi connectivity index (χ0n) is 44.8. The summed E-state index contributed by atoms with van der Waals surface area (Å²) in [4.78, 5) is 37.9. The maximum Gasteiger partial charge on any atom is 0.306 e. The van der Waals surface area contributed by atoms with Crippen molar-refractivity contribution in [3.8, 4) is 0 Å². The van der Waals surface area contributed by atoms with E-state index in [2.05, 4.69) is 130 Å². The Labute approximate surface area is 425 Å². The van der Waals surface area contributed by atoms with Gasteiger partial charge in [-0.25, -0.2) is 0 Å². The van der Waals surface area contributed by atoms with E-state index >= 15 is 0 Å². The monoisotopic (exact) mass is 957 g/mol. The number of rotatable bonds is 50. The fraction of sp³-hybridized carbons (Fsp3) is 0.667. The molecule has 0 aliphatic heterocycles. The molecule has 0 aromatic carbocycles. The maximum absolute atomic E-state index is 12.8. The number of unbranched alkanes of at least 4 members (excludes halogenated alkanes) is 21. The third-order valence-electron chi connectivity index (χ3n) is 11.8. The first-order valence-corrected chi connectivity index (χ1v) is 28.4. The molecule has 0 aromatic heterocycles. The zero-order valence-corrected chi connectivity index (χ0v) is 44.8. The second kappa shape index (κ2) is 56.7. The van der Waals surface area contributed by atoms with Crippen LogP contribution >= 0.6 is 0 Å². The van der Waals surface area contributed by atoms with Crippen LogP contribution in [-0.4, -0.2) is 37.2 Å². The summed E-state index contributed by atoms with van der Waals surface area (Å²) in [5.41, 5.74) is 0. The lowest BCUT2D eigenvalue weighted by molar-refractivity contribution is -0.167. The summed E-state index contributed by atoms with van der Waals surface area (Å²) < 4.78 is 16.7. The molecule has 392 valence electrons. The fourth-order valence-electron chi connectivity index (χ4n) is 7.51. The Morgan fingerprint density at radius 3 is 0.899 bits per heavy atom. The van der Waals surface area contributed by atoms with Crippen LogP contribution in [0.25, 0.3) is 0 Å². The van der Waals surface area contributed by atoms with Crippen LogP contribution in [0.15, 0.2) is 109 Å². The molecule has 6 nitrogen and oxygen atoms in total. The lowest BCUT2D eigenvalue weighted by Crippen LogP contribution is -2.30. The van der Waals surface area contributed by atoms with Gasteiger partial charge in [0.25, 0.3) is 0 Å². The minimum atomic E-state index is -0.791. The highest BCUT2D eigenvalue weighted by Gasteiger charge is 2.19. The van der Waals surface area contributed by atoms with E-state index < -0.39 is 6.10 Å². The first kappa shape index (κ1) is 65.1. The van der Waals surface area contributed by atoms with Gasteiger partial charge in [0.2, 0.25) is 0 Å². The largest absolute Gasteiger partial charge is 0.462 e. The Balaban J connectivity index is 4.25. The molecule has 0 rings (SSSR count). The van der Waals surface area contributed by atoms with Crippen molar-refractivity contribution in [3.05, 3.63) is 109 Å². The molecule has 0 saturated heterocycles. The van der Waals surface area contributed by atoms with Crippen LogP contribution in [0.3, 0.4) is 0 Å². The van der Waals surface area contributed by atoms with Crippen molar-refractivity contribution in [2.45, 2.75) is 258 Å². The van der Waals surface area contributed by atoms with Crippen LogP contribution in [0.2, 0.25) is 0 Å². The summed E-state index contributed by atoms with van der Waals surface area (Å²) in [6.07, 6.45) is 76.7. The summed E-state index contributed by atoms with van der Waals surface area (Å²) in [6.45, 7) is 6.44. The standard InChI is InChI=1S/C63H104O6/c1-4-7-10-13-16-18-20-22-24-25-26-27-28-29-30-31-32-33-34-35-36-37-39-40-42-44-47-50-53-56-62(65)68-59-60(58-67-61(64)55-52-49-46-15-12-9-6-3)69-63(66)57-54-51-48-45-43-41-38-23-21-19-17-14-11-8-5-2/h7,10,16,18,22-24,26-27,29-30,32-33,35-36,38-40,60H,4-6,8-9,11-15,17,19-21,25,28,31,34,37,41-59H2,1-3H3/b10-7-,18-16-,24-22-,27-26-,30-29-,33-32-,36-35-,38-23-,40-39-. The summed E-state index contributed by atoms with van der Waals surface area (Å²) >= 11 is 0. The molecule has 0 N–H and O–H groups in total. The second-order valence-corrected chi connectivity index (χ2v) is 18.5. The second-order valence-electron chi connectivity index (χ2n) is 18.5. The molecule has 1 atom stereocenters. The summed E-state index contributed by atoms with van der Waals surface area (Å²) in [6, 6.07) is 0. The van der Waals surface area contributed by atoms with Gasteiger partial charge in [0.15, 0.2) is 6.10 Å². The molecular formula is C63H104O6. The summed E-state index contributed by atoms with van der Waals surface area (Å²) in [5.74, 6) is -0.933. The third-order valence-corrected chi connectivity index (χ3v) is 11.8. The van der Waals surface area contributed by atoms with Crippen molar-refractivity contribution >= 4 is 17.9 Å². The normalized spacial score (nSPS) is 12.9. The van der Waals surface area contributed by atoms with E-state index in [-0.39, 0.29) is 31.1 Å². The SMILES string of the molecule is CC/C=C\C/C=C\C/C=C\C/C=C\C/C=C\C/C=C\C/C=C\C/C=C\CCCCCCC(=O)OCC(COC(=O)CCCCCCCCC)OC(=O)CCCCCCC/C=C\CCCCCCCC. The van der Waals surface area contributed by atoms with Crippen molar-refractivity contribution in [3.63, 3.8) is 0 Å². The molecule has 0 radical (unpaired) electrons. The molecule has 6 heteroatoms. The Kier molecular flexibility index (Phi) is 53.4. The molecule has 0 heterocycles. The predicted octanol–water partition coefficient (Wildman–Crippen LogP) is 19.1. The zero-order chi connectivity index (χ0) is 50.0. The van der Waals surface area contributed by atoms with Crippen molar-refractivity contribution in [1.29, 1.82) is 0 Å². The van der Waals surface area contributed by atoms with E-state index in [1.165, 1.54) is 77.0 Å². The fourth-order valence-corrected chi connectivity index (χ4v) is 7.51. The highest BCUT2D eigenvalue weighted by atomic mass is 16.6. The van der Waals surface area contributed by atoms with Crippen LogP contribution in [0.1, 0.15) is 252 Å². The Morgan fingerprint density at radius 2 is 0.565 bits per heavy atom. The van der Waals surface area contributed by atoms with Crippen molar-refractivity contribution in [2.75, 3.05) is 13.2 Å². The average molecular weight is 958 g/mol. The van der Waals surface area contributed by atoms with Gasteiger partial charge in [-0.05, 0) is 109 Å². The Hall–Kier alpha value is -3.93. The van der Waals surface area contributed by atoms with E-state index in [0.717, 1.165) is 135 Å². The van der Waals surface area contributed by atoms with Gasteiger partial charge in [0.05, 0.1) is 0 Å². The molecule has 0 amide bonds. The predicted molar refractivity (Wildman–Crippen MR) is 297 cm³/mol. The van der Waals surface area contributed by atoms with Gasteiger partial charge in [0.1, 0.15) is 13.2 Å². The van der Waals surface area contributed by atoms with Crippen molar-refractivity contribution < 1.29 is 28.6 Å². The van der Waals surface area contributed by atoms with E-state index in [1.807, 2.05) is 0 Å². The molecule has 0 aliphatic carbocycles. The molecule has 1 unspecified atom stereocenters. The van der Waals surface area contributed by atoms with Gasteiger partial charge in [-0.3, -0.25) is 14.4 Å². The van der Waals surface area contributed by atoms with Crippen LogP contribution in [-0.2, 0) is 28.6 Å². The first-order chi connectivity index (χ1) is 34.0. The number of hydrogen-bond donors (Lipinski definition) is 0. The van der Waals surface area contributed by atoms with Crippen molar-refractivity contribution in [1.82, 2.24) is 0 Å². The minimum absolute atomic E-state index is 0.0898. The lowest BCUT2D eigenvalue weighted by atomic mass is 10.1. The number of ether oxygens (including phenoxy) is 3. The van der Waals surface area contributed by atoms with Crippen molar-refractivity contribution in [2.24, 2.45) is 0 Å². The van der Waals surface area contributed by atoms with Crippen LogP contribution in [0, 0.1) is 0 Å². The van der Waals surface area contributed by atoms with Crippen LogP contribution in [0.4, 0.5) is 0 Å². The average Bonchev–Trinajstić information content (AvgIpc) is 3.35. The number of esters is 3. The summed E-state index contributed by atoms with van der Waals surface area (Å²) in [5, 5.41) is 0. The van der Waals surface area contributed by atoms with E-state index in [0.29, 0.717) is 19.3 Å². The molecule has 0 bridgehead atoms. The van der Waals surface area contributed by atoms with Gasteiger partial charge in [0, 0.05) is 19.3 Å². The third kappa shape index (κ3) is 54.9. The molecule has 0 fully saturated rings. The molecule has 69 heavy (non-hydrogen) atoms. The van der Waals surface area contributed by atoms with E-state index in [9.17, 15) is 14.4 Å². The highest BCUT2D eigenvalue weighted by Crippen LogP contribution is 2.14. The highest BCUT2D eigenvalue weighted by molar-refractivity contribution is 5.71. The molecule has 0 aromatic rings. The lowest BCUT2D eigenvalue weighted by Gasteiger charge is -2.18. The smallest absolute Gasteiger partial charge is 0.306 e. The van der Waals surface area contributed by atoms with E-state index in [4.69, 9.17) is 14.2 Å². The minimum Gasteiger partial charge on any atom is -0.462 e. The van der Waals surface area contributed by atoms with Gasteiger partial charge < -0.3 is 14.2 Å². The number of carbonyl (C=O) groups is 3. The summed E-state index contributed by atoms with van der Waals surface area (Å²) in [7, 11) is 0. The van der Waals surface area contributed by atoms with Gasteiger partial charge in [-0.2, -0.15) is 0 Å². The quantitative estimate of drug-likeness (QED) is 0.0262. The molecule has 0 spiro atoms. The topological polar surface area (TPSA) is 78.9 Å². The van der Waals surface area contributed by atoms with Gasteiger partial charge in [-0.1, -0.05) is 233 Å². The Bertz CT molecular complexity index is 1420. The molecule has 0 saturated carbocycles. The van der Waals surface area contributed by atoms with Gasteiger partial charge in [-0.15, -0.1) is 0 Å². The van der Waals surface area contributed by atoms with Crippen LogP contribution in [0.5, 0.6) is 0 Å². The maximum atomic E-state index is 12.8. The molecule has 0 aliphatic rings. The van der Waals surface area contributed by atoms with Gasteiger partial charge >= 0.3 is 17.9 Å². The van der Waals surface area contributed by atoms with Crippen LogP contribution < -0.4 is 0 Å².